The summed E-state index contributed by atoms with van der Waals surface area (Å²) >= 11 is 0. The van der Waals surface area contributed by atoms with Crippen molar-refractivity contribution >= 4 is 22.8 Å². The van der Waals surface area contributed by atoms with Crippen molar-refractivity contribution in [1.29, 1.82) is 0 Å². The van der Waals surface area contributed by atoms with Gasteiger partial charge in [-0.2, -0.15) is 0 Å². The summed E-state index contributed by atoms with van der Waals surface area (Å²) in [7, 11) is 1.83. The van der Waals surface area contributed by atoms with Gasteiger partial charge in [-0.3, -0.25) is 14.7 Å². The Balaban J connectivity index is 1.71. The van der Waals surface area contributed by atoms with Crippen molar-refractivity contribution in [2.75, 3.05) is 5.32 Å². The van der Waals surface area contributed by atoms with E-state index >= 15 is 0 Å². The number of hydrogen-bond donors (Lipinski definition) is 1. The summed E-state index contributed by atoms with van der Waals surface area (Å²) in [5.74, 6) is 0.556. The lowest BCUT2D eigenvalue weighted by Crippen LogP contribution is -2.16. The Morgan fingerprint density at radius 1 is 1.35 bits per heavy atom. The highest BCUT2D eigenvalue weighted by molar-refractivity contribution is 6.12. The van der Waals surface area contributed by atoms with E-state index in [2.05, 4.69) is 15.5 Å². The second-order valence-corrected chi connectivity index (χ2v) is 5.94. The zero-order valence-electron chi connectivity index (χ0n) is 12.9. The summed E-state index contributed by atoms with van der Waals surface area (Å²) in [4.78, 5) is 12.6. The third kappa shape index (κ3) is 2.28. The maximum absolute atomic E-state index is 13.5. The lowest BCUT2D eigenvalue weighted by atomic mass is 10.1. The summed E-state index contributed by atoms with van der Waals surface area (Å²) in [6, 6.07) is 4.79. The summed E-state index contributed by atoms with van der Waals surface area (Å²) in [6.45, 7) is 1.87. The maximum Gasteiger partial charge on any atom is 0.260 e. The lowest BCUT2D eigenvalue weighted by Gasteiger charge is -2.07. The minimum atomic E-state index is -0.366. The van der Waals surface area contributed by atoms with Crippen molar-refractivity contribution in [3.8, 4) is 0 Å². The highest BCUT2D eigenvalue weighted by Gasteiger charge is 2.29. The highest BCUT2D eigenvalue weighted by Crippen LogP contribution is 2.37. The molecule has 1 N–H and O–H groups in total. The number of amides is 1. The van der Waals surface area contributed by atoms with E-state index in [1.807, 2.05) is 18.5 Å². The average Bonchev–Trinajstić information content (AvgIpc) is 3.21. The second-order valence-electron chi connectivity index (χ2n) is 5.94. The average molecular weight is 313 g/mol. The standard InChI is InChI=1S/C16H16FN5O/c1-9-19-20-16(22(9)11-4-5-11)18-15(23)13-8-21(2)14-6-3-10(17)7-12(13)14/h3,6-8,11H,4-5H2,1-2H3,(H,18,20,23). The zero-order valence-corrected chi connectivity index (χ0v) is 12.9. The van der Waals surface area contributed by atoms with Crippen LogP contribution in [0.5, 0.6) is 0 Å². The molecule has 23 heavy (non-hydrogen) atoms. The number of rotatable bonds is 3. The third-order valence-corrected chi connectivity index (χ3v) is 4.20. The van der Waals surface area contributed by atoms with Gasteiger partial charge in [0.1, 0.15) is 11.6 Å². The van der Waals surface area contributed by atoms with Crippen LogP contribution in [0.3, 0.4) is 0 Å². The van der Waals surface area contributed by atoms with E-state index in [1.54, 1.807) is 16.8 Å². The van der Waals surface area contributed by atoms with Gasteiger partial charge in [-0.1, -0.05) is 0 Å². The van der Waals surface area contributed by atoms with Crippen LogP contribution in [-0.4, -0.2) is 25.2 Å². The van der Waals surface area contributed by atoms with Gasteiger partial charge in [0.05, 0.1) is 5.56 Å². The molecular formula is C16H16FN5O. The van der Waals surface area contributed by atoms with Gasteiger partial charge in [0, 0.05) is 30.2 Å². The van der Waals surface area contributed by atoms with E-state index in [9.17, 15) is 9.18 Å². The molecule has 0 spiro atoms. The Kier molecular flexibility index (Phi) is 2.97. The van der Waals surface area contributed by atoms with Crippen LogP contribution >= 0.6 is 0 Å². The predicted octanol–water partition coefficient (Wildman–Crippen LogP) is 2.80. The predicted molar refractivity (Wildman–Crippen MR) is 83.9 cm³/mol. The van der Waals surface area contributed by atoms with Crippen LogP contribution in [0.2, 0.25) is 0 Å². The Hall–Kier alpha value is -2.70. The SMILES string of the molecule is Cc1nnc(NC(=O)c2cn(C)c3ccc(F)cc23)n1C1CC1. The topological polar surface area (TPSA) is 64.7 Å². The normalized spacial score (nSPS) is 14.4. The molecule has 0 unspecified atom stereocenters. The number of fused-ring (bicyclic) bond motifs is 1. The maximum atomic E-state index is 13.5. The Bertz CT molecular complexity index is 922. The fraction of sp³-hybridized carbons (Fsp3) is 0.312. The number of aromatic nitrogens is 4. The molecule has 0 aliphatic heterocycles. The quantitative estimate of drug-likeness (QED) is 0.808. The third-order valence-electron chi connectivity index (χ3n) is 4.20. The number of halogens is 1. The first kappa shape index (κ1) is 13.9. The van der Waals surface area contributed by atoms with Gasteiger partial charge in [0.15, 0.2) is 0 Å². The molecule has 2 heterocycles. The van der Waals surface area contributed by atoms with Crippen LogP contribution in [0.25, 0.3) is 10.9 Å². The van der Waals surface area contributed by atoms with Crippen molar-refractivity contribution in [2.45, 2.75) is 25.8 Å². The smallest absolute Gasteiger partial charge is 0.260 e. The van der Waals surface area contributed by atoms with Crippen LogP contribution in [0, 0.1) is 12.7 Å². The van der Waals surface area contributed by atoms with Gasteiger partial charge in [0.2, 0.25) is 5.95 Å². The molecule has 118 valence electrons. The van der Waals surface area contributed by atoms with Crippen LogP contribution in [0.15, 0.2) is 24.4 Å². The van der Waals surface area contributed by atoms with E-state index in [4.69, 9.17) is 0 Å². The molecule has 1 aliphatic rings. The molecule has 4 rings (SSSR count). The van der Waals surface area contributed by atoms with E-state index in [0.29, 0.717) is 22.9 Å². The van der Waals surface area contributed by atoms with Gasteiger partial charge in [-0.15, -0.1) is 10.2 Å². The Morgan fingerprint density at radius 2 is 2.13 bits per heavy atom. The van der Waals surface area contributed by atoms with Gasteiger partial charge >= 0.3 is 0 Å². The molecule has 1 fully saturated rings. The molecule has 0 atom stereocenters. The number of benzene rings is 1. The number of aryl methyl sites for hydroxylation is 2. The number of hydrogen-bond acceptors (Lipinski definition) is 3. The molecule has 1 amide bonds. The first-order chi connectivity index (χ1) is 11.0. The second kappa shape index (κ2) is 4.91. The first-order valence-electron chi connectivity index (χ1n) is 7.52. The molecule has 1 saturated carbocycles. The van der Waals surface area contributed by atoms with Crippen molar-refractivity contribution in [1.82, 2.24) is 19.3 Å². The molecular weight excluding hydrogens is 297 g/mol. The van der Waals surface area contributed by atoms with Gasteiger partial charge in [-0.25, -0.2) is 4.39 Å². The first-order valence-corrected chi connectivity index (χ1v) is 7.52. The number of nitrogens with zero attached hydrogens (tertiary/aromatic N) is 4. The molecule has 1 aromatic carbocycles. The largest absolute Gasteiger partial charge is 0.350 e. The molecule has 1 aliphatic carbocycles. The van der Waals surface area contributed by atoms with Crippen LogP contribution < -0.4 is 5.32 Å². The van der Waals surface area contributed by atoms with Gasteiger partial charge in [0.25, 0.3) is 5.91 Å². The van der Waals surface area contributed by atoms with Crippen LogP contribution in [-0.2, 0) is 7.05 Å². The number of anilines is 1. The Morgan fingerprint density at radius 3 is 2.87 bits per heavy atom. The molecule has 0 bridgehead atoms. The molecule has 6 nitrogen and oxygen atoms in total. The van der Waals surface area contributed by atoms with Crippen molar-refractivity contribution in [3.63, 3.8) is 0 Å². The zero-order chi connectivity index (χ0) is 16.1. The summed E-state index contributed by atoms with van der Waals surface area (Å²) in [5, 5.41) is 11.5. The van der Waals surface area contributed by atoms with Crippen molar-refractivity contribution in [2.24, 2.45) is 7.05 Å². The minimum Gasteiger partial charge on any atom is -0.350 e. The fourth-order valence-corrected chi connectivity index (χ4v) is 2.94. The summed E-state index contributed by atoms with van der Waals surface area (Å²) in [6.07, 6.45) is 3.84. The summed E-state index contributed by atoms with van der Waals surface area (Å²) < 4.78 is 17.3. The molecule has 0 radical (unpaired) electrons. The van der Waals surface area contributed by atoms with E-state index in [-0.39, 0.29) is 11.7 Å². The fourth-order valence-electron chi connectivity index (χ4n) is 2.94. The number of carbonyl (C=O) groups is 1. The summed E-state index contributed by atoms with van der Waals surface area (Å²) in [5.41, 5.74) is 1.22. The van der Waals surface area contributed by atoms with Crippen molar-refractivity contribution in [3.05, 3.63) is 41.6 Å². The van der Waals surface area contributed by atoms with E-state index < -0.39 is 0 Å². The molecule has 7 heteroatoms. The number of carbonyl (C=O) groups excluding carboxylic acids is 1. The van der Waals surface area contributed by atoms with Gasteiger partial charge < -0.3 is 4.57 Å². The van der Waals surface area contributed by atoms with Crippen molar-refractivity contribution < 1.29 is 9.18 Å². The number of nitrogens with one attached hydrogen (secondary N) is 1. The minimum absolute atomic E-state index is 0.310. The van der Waals surface area contributed by atoms with Gasteiger partial charge in [-0.05, 0) is 38.0 Å². The molecule has 3 aromatic rings. The highest BCUT2D eigenvalue weighted by atomic mass is 19.1. The van der Waals surface area contributed by atoms with E-state index in [1.165, 1.54) is 12.1 Å². The Labute approximate surface area is 131 Å². The van der Waals surface area contributed by atoms with Crippen LogP contribution in [0.1, 0.15) is 35.1 Å². The van der Waals surface area contributed by atoms with Crippen LogP contribution in [0.4, 0.5) is 10.3 Å². The molecule has 0 saturated heterocycles. The van der Waals surface area contributed by atoms with E-state index in [0.717, 1.165) is 24.2 Å². The lowest BCUT2D eigenvalue weighted by molar-refractivity contribution is 0.102. The molecule has 2 aromatic heterocycles. The monoisotopic (exact) mass is 313 g/mol.